The number of halogens is 1. The van der Waals surface area contributed by atoms with E-state index in [2.05, 4.69) is 4.98 Å². The Morgan fingerprint density at radius 2 is 1.94 bits per heavy atom. The first-order valence-electron chi connectivity index (χ1n) is 5.55. The van der Waals surface area contributed by atoms with Gasteiger partial charge in [-0.3, -0.25) is 0 Å². The molecule has 0 N–H and O–H groups in total. The van der Waals surface area contributed by atoms with Crippen LogP contribution in [0.1, 0.15) is 0 Å². The molecule has 90 valence electrons. The molecule has 4 heteroatoms. The lowest BCUT2D eigenvalue weighted by Crippen LogP contribution is -1.82. The summed E-state index contributed by atoms with van der Waals surface area (Å²) in [5.74, 6) is 0.834. The largest absolute Gasteiger partial charge is 0.497 e. The summed E-state index contributed by atoms with van der Waals surface area (Å²) in [5.41, 5.74) is 2.70. The van der Waals surface area contributed by atoms with E-state index in [1.54, 1.807) is 7.11 Å². The van der Waals surface area contributed by atoms with Gasteiger partial charge in [-0.15, -0.1) is 0 Å². The van der Waals surface area contributed by atoms with Crippen molar-refractivity contribution in [2.45, 2.75) is 0 Å². The van der Waals surface area contributed by atoms with Gasteiger partial charge in [0.1, 0.15) is 5.75 Å². The molecule has 0 atom stereocenters. The lowest BCUT2D eigenvalue weighted by Gasteiger charge is -1.99. The fourth-order valence-electron chi connectivity index (χ4n) is 1.88. The number of fused-ring (bicyclic) bond motifs is 1. The van der Waals surface area contributed by atoms with Crippen LogP contribution in [0.25, 0.3) is 16.9 Å². The first kappa shape index (κ1) is 11.1. The monoisotopic (exact) mass is 258 g/mol. The number of ether oxygens (including phenoxy) is 1. The zero-order valence-corrected chi connectivity index (χ0v) is 10.6. The van der Waals surface area contributed by atoms with E-state index < -0.39 is 0 Å². The summed E-state index contributed by atoms with van der Waals surface area (Å²) >= 11 is 6.10. The zero-order chi connectivity index (χ0) is 12.5. The summed E-state index contributed by atoms with van der Waals surface area (Å²) in [7, 11) is 1.65. The van der Waals surface area contributed by atoms with Crippen molar-refractivity contribution in [1.82, 2.24) is 9.38 Å². The van der Waals surface area contributed by atoms with Gasteiger partial charge < -0.3 is 9.14 Å². The van der Waals surface area contributed by atoms with E-state index in [0.29, 0.717) is 5.02 Å². The van der Waals surface area contributed by atoms with Gasteiger partial charge in [-0.2, -0.15) is 0 Å². The molecule has 0 saturated carbocycles. The summed E-state index contributed by atoms with van der Waals surface area (Å²) in [5, 5.41) is 0.650. The molecular weight excluding hydrogens is 248 g/mol. The molecule has 0 bridgehead atoms. The summed E-state index contributed by atoms with van der Waals surface area (Å²) < 4.78 is 7.05. The Morgan fingerprint density at radius 3 is 2.61 bits per heavy atom. The second-order valence-corrected chi connectivity index (χ2v) is 4.35. The number of pyridine rings is 1. The van der Waals surface area contributed by atoms with Crippen molar-refractivity contribution >= 4 is 17.2 Å². The maximum absolute atomic E-state index is 6.10. The molecule has 3 nitrogen and oxygen atoms in total. The number of aromatic nitrogens is 2. The third-order valence-electron chi connectivity index (χ3n) is 2.82. The quantitative estimate of drug-likeness (QED) is 0.701. The SMILES string of the molecule is COc1ccc(-c2cn3cccc(Cl)c3n2)cc1. The molecule has 18 heavy (non-hydrogen) atoms. The van der Waals surface area contributed by atoms with Gasteiger partial charge in [0.2, 0.25) is 0 Å². The number of methoxy groups -OCH3 is 1. The number of hydrogen-bond donors (Lipinski definition) is 0. The van der Waals surface area contributed by atoms with E-state index in [9.17, 15) is 0 Å². The van der Waals surface area contributed by atoms with Crippen LogP contribution in [-0.4, -0.2) is 16.5 Å². The highest BCUT2D eigenvalue weighted by Crippen LogP contribution is 2.24. The number of nitrogens with zero attached hydrogens (tertiary/aromatic N) is 2. The average molecular weight is 259 g/mol. The number of hydrogen-bond acceptors (Lipinski definition) is 2. The fourth-order valence-corrected chi connectivity index (χ4v) is 2.09. The fraction of sp³-hybridized carbons (Fsp3) is 0.0714. The molecule has 1 aromatic carbocycles. The summed E-state index contributed by atoms with van der Waals surface area (Å²) in [6.07, 6.45) is 3.89. The highest BCUT2D eigenvalue weighted by atomic mass is 35.5. The van der Waals surface area contributed by atoms with Crippen LogP contribution in [0.15, 0.2) is 48.8 Å². The van der Waals surface area contributed by atoms with Crippen LogP contribution < -0.4 is 4.74 Å². The zero-order valence-electron chi connectivity index (χ0n) is 9.80. The molecule has 0 aliphatic heterocycles. The van der Waals surface area contributed by atoms with Crippen LogP contribution in [-0.2, 0) is 0 Å². The molecular formula is C14H11ClN2O. The molecule has 0 spiro atoms. The Kier molecular flexibility index (Phi) is 2.68. The molecule has 0 fully saturated rings. The van der Waals surface area contributed by atoms with Crippen molar-refractivity contribution in [1.29, 1.82) is 0 Å². The molecule has 0 aliphatic rings. The Balaban J connectivity index is 2.10. The van der Waals surface area contributed by atoms with Crippen LogP contribution >= 0.6 is 11.6 Å². The Morgan fingerprint density at radius 1 is 1.17 bits per heavy atom. The van der Waals surface area contributed by atoms with Gasteiger partial charge in [-0.05, 0) is 36.4 Å². The van der Waals surface area contributed by atoms with Gasteiger partial charge in [-0.1, -0.05) is 11.6 Å². The van der Waals surface area contributed by atoms with Gasteiger partial charge in [0.15, 0.2) is 5.65 Å². The summed E-state index contributed by atoms with van der Waals surface area (Å²) in [6.45, 7) is 0. The maximum Gasteiger partial charge on any atom is 0.156 e. The molecule has 3 aromatic rings. The first-order chi connectivity index (χ1) is 8.78. The molecule has 2 heterocycles. The minimum absolute atomic E-state index is 0.650. The predicted octanol–water partition coefficient (Wildman–Crippen LogP) is 3.66. The van der Waals surface area contributed by atoms with Crippen molar-refractivity contribution in [3.8, 4) is 17.0 Å². The third-order valence-corrected chi connectivity index (χ3v) is 3.12. The number of imidazole rings is 1. The summed E-state index contributed by atoms with van der Waals surface area (Å²) in [6, 6.07) is 11.5. The Hall–Kier alpha value is -2.00. The highest BCUT2D eigenvalue weighted by Gasteiger charge is 2.06. The van der Waals surface area contributed by atoms with Crippen LogP contribution in [0.5, 0.6) is 5.75 Å². The predicted molar refractivity (Wildman–Crippen MR) is 72.2 cm³/mol. The van der Waals surface area contributed by atoms with E-state index in [1.165, 1.54) is 0 Å². The van der Waals surface area contributed by atoms with Crippen LogP contribution in [0.2, 0.25) is 5.02 Å². The second kappa shape index (κ2) is 4.35. The molecule has 0 amide bonds. The maximum atomic E-state index is 6.10. The minimum Gasteiger partial charge on any atom is -0.497 e. The van der Waals surface area contributed by atoms with Crippen molar-refractivity contribution in [3.63, 3.8) is 0 Å². The van der Waals surface area contributed by atoms with Gasteiger partial charge in [-0.25, -0.2) is 4.98 Å². The van der Waals surface area contributed by atoms with E-state index in [0.717, 1.165) is 22.7 Å². The lowest BCUT2D eigenvalue weighted by atomic mass is 10.2. The Bertz CT molecular complexity index is 689. The molecule has 0 unspecified atom stereocenters. The van der Waals surface area contributed by atoms with E-state index in [-0.39, 0.29) is 0 Å². The topological polar surface area (TPSA) is 26.5 Å². The first-order valence-corrected chi connectivity index (χ1v) is 5.93. The molecule has 0 radical (unpaired) electrons. The minimum atomic E-state index is 0.650. The average Bonchev–Trinajstić information content (AvgIpc) is 2.84. The van der Waals surface area contributed by atoms with Crippen LogP contribution in [0.4, 0.5) is 0 Å². The van der Waals surface area contributed by atoms with E-state index >= 15 is 0 Å². The van der Waals surface area contributed by atoms with E-state index in [4.69, 9.17) is 16.3 Å². The van der Waals surface area contributed by atoms with Crippen molar-refractivity contribution in [2.24, 2.45) is 0 Å². The van der Waals surface area contributed by atoms with Gasteiger partial charge >= 0.3 is 0 Å². The van der Waals surface area contributed by atoms with E-state index in [1.807, 2.05) is 53.2 Å². The molecule has 0 saturated heterocycles. The molecule has 0 aliphatic carbocycles. The van der Waals surface area contributed by atoms with Gasteiger partial charge in [0.05, 0.1) is 17.8 Å². The number of rotatable bonds is 2. The third kappa shape index (κ3) is 1.83. The highest BCUT2D eigenvalue weighted by molar-refractivity contribution is 6.33. The van der Waals surface area contributed by atoms with Gasteiger partial charge in [0.25, 0.3) is 0 Å². The van der Waals surface area contributed by atoms with Crippen molar-refractivity contribution in [3.05, 3.63) is 53.8 Å². The standard InChI is InChI=1S/C14H11ClN2O/c1-18-11-6-4-10(5-7-11)13-9-17-8-2-3-12(15)14(17)16-13/h2-9H,1H3. The van der Waals surface area contributed by atoms with Crippen molar-refractivity contribution < 1.29 is 4.74 Å². The van der Waals surface area contributed by atoms with Crippen LogP contribution in [0.3, 0.4) is 0 Å². The van der Waals surface area contributed by atoms with Crippen LogP contribution in [0, 0.1) is 0 Å². The number of benzene rings is 1. The normalized spacial score (nSPS) is 10.8. The van der Waals surface area contributed by atoms with Crippen molar-refractivity contribution in [2.75, 3.05) is 7.11 Å². The van der Waals surface area contributed by atoms with Gasteiger partial charge in [0, 0.05) is 18.0 Å². The molecule has 3 rings (SSSR count). The smallest absolute Gasteiger partial charge is 0.156 e. The lowest BCUT2D eigenvalue weighted by molar-refractivity contribution is 0.415. The molecule has 2 aromatic heterocycles. The summed E-state index contributed by atoms with van der Waals surface area (Å²) in [4.78, 5) is 4.53. The second-order valence-electron chi connectivity index (χ2n) is 3.94. The Labute approximate surface area is 110 Å².